The Kier molecular flexibility index (Phi) is 23.1. The molecule has 0 saturated heterocycles. The molecule has 0 saturated carbocycles. The van der Waals surface area contributed by atoms with Crippen LogP contribution in [0.3, 0.4) is 0 Å². The number of carbonyl (C=O) groups excluding carboxylic acids is 3. The maximum atomic E-state index is 11.8. The second-order valence-electron chi connectivity index (χ2n) is 8.06. The maximum absolute atomic E-state index is 11.8. The molecule has 0 heterocycles. The molecule has 9 heteroatoms. The summed E-state index contributed by atoms with van der Waals surface area (Å²) < 4.78 is 10.7. The van der Waals surface area contributed by atoms with E-state index in [-0.39, 0.29) is 31.1 Å². The smallest absolute Gasteiger partial charge is 0.303 e. The predicted molar refractivity (Wildman–Crippen MR) is 126 cm³/mol. The minimum atomic E-state index is -0.705. The Hall–Kier alpha value is -2.00. The van der Waals surface area contributed by atoms with Gasteiger partial charge in [0.25, 0.3) is 0 Å². The molecule has 0 rings (SSSR count). The molecule has 0 bridgehead atoms. The van der Waals surface area contributed by atoms with Gasteiger partial charge in [-0.25, -0.2) is 0 Å². The Morgan fingerprint density at radius 1 is 0.606 bits per heavy atom. The average molecular weight is 473 g/mol. The summed E-state index contributed by atoms with van der Waals surface area (Å²) in [6, 6.07) is 0. The van der Waals surface area contributed by atoms with E-state index in [1.165, 1.54) is 25.7 Å². The molecule has 3 N–H and O–H groups in total. The van der Waals surface area contributed by atoms with Crippen LogP contribution in [-0.2, 0) is 28.7 Å². The number of carboxylic acid groups (broad SMARTS) is 1. The quantitative estimate of drug-likeness (QED) is 0.137. The molecular formula is C24H44N2O7. The second-order valence-corrected chi connectivity index (χ2v) is 8.06. The van der Waals surface area contributed by atoms with Crippen LogP contribution in [0.5, 0.6) is 0 Å². The lowest BCUT2D eigenvalue weighted by Crippen LogP contribution is -2.28. The minimum absolute atomic E-state index is 0.0570. The molecule has 0 aromatic rings. The monoisotopic (exact) mass is 472 g/mol. The first-order valence-electron chi connectivity index (χ1n) is 12.4. The maximum Gasteiger partial charge on any atom is 0.303 e. The van der Waals surface area contributed by atoms with E-state index in [0.717, 1.165) is 44.8 Å². The summed E-state index contributed by atoms with van der Waals surface area (Å²) in [7, 11) is 0. The normalized spacial score (nSPS) is 10.7. The van der Waals surface area contributed by atoms with Gasteiger partial charge in [-0.1, -0.05) is 51.4 Å². The van der Waals surface area contributed by atoms with Gasteiger partial charge in [0, 0.05) is 38.8 Å². The van der Waals surface area contributed by atoms with Crippen LogP contribution >= 0.6 is 0 Å². The van der Waals surface area contributed by atoms with Gasteiger partial charge < -0.3 is 30.0 Å². The van der Waals surface area contributed by atoms with Crippen LogP contribution in [0.1, 0.15) is 89.9 Å². The van der Waals surface area contributed by atoms with Crippen LogP contribution in [0, 0.1) is 0 Å². The van der Waals surface area contributed by atoms with E-state index in [4.69, 9.17) is 14.6 Å². The van der Waals surface area contributed by atoms with Crippen LogP contribution in [0.15, 0.2) is 0 Å². The van der Waals surface area contributed by atoms with E-state index < -0.39 is 5.97 Å². The highest BCUT2D eigenvalue weighted by Crippen LogP contribution is 2.12. The van der Waals surface area contributed by atoms with Crippen molar-refractivity contribution in [2.45, 2.75) is 89.9 Å². The van der Waals surface area contributed by atoms with Gasteiger partial charge in [-0.15, -0.1) is 0 Å². The number of carbonyl (C=O) groups is 4. The summed E-state index contributed by atoms with van der Waals surface area (Å²) in [6.07, 6.45) is 12.8. The van der Waals surface area contributed by atoms with Crippen molar-refractivity contribution in [1.29, 1.82) is 0 Å². The first kappa shape index (κ1) is 31.0. The van der Waals surface area contributed by atoms with Gasteiger partial charge in [0.2, 0.25) is 11.8 Å². The molecule has 0 atom stereocenters. The van der Waals surface area contributed by atoms with Gasteiger partial charge in [0.1, 0.15) is 6.29 Å². The van der Waals surface area contributed by atoms with Gasteiger partial charge in [0.15, 0.2) is 0 Å². The van der Waals surface area contributed by atoms with Crippen molar-refractivity contribution >= 4 is 24.1 Å². The summed E-state index contributed by atoms with van der Waals surface area (Å²) in [6.45, 7) is 2.57. The van der Waals surface area contributed by atoms with Crippen LogP contribution in [0.2, 0.25) is 0 Å². The SMILES string of the molecule is O=CCCC(=O)NCCOCCOCCNC(=O)CCCCCCCCCCCCC(=O)O. The van der Waals surface area contributed by atoms with Crippen molar-refractivity contribution in [2.75, 3.05) is 39.5 Å². The van der Waals surface area contributed by atoms with E-state index in [9.17, 15) is 19.2 Å². The molecular weight excluding hydrogens is 428 g/mol. The molecule has 0 aliphatic rings. The van der Waals surface area contributed by atoms with Crippen LogP contribution in [-0.4, -0.2) is 68.7 Å². The molecule has 0 aromatic carbocycles. The molecule has 0 aliphatic carbocycles. The average Bonchev–Trinajstić information content (AvgIpc) is 2.79. The standard InChI is InChI=1S/C24H44N2O7/c27-17-11-13-23(29)26-16-19-33-21-20-32-18-15-25-22(28)12-9-7-5-3-1-2-4-6-8-10-14-24(30)31/h17H,1-16,18-21H2,(H,25,28)(H,26,29)(H,30,31). The first-order chi connectivity index (χ1) is 16.1. The Morgan fingerprint density at radius 3 is 1.48 bits per heavy atom. The third kappa shape index (κ3) is 26.1. The lowest BCUT2D eigenvalue weighted by molar-refractivity contribution is -0.137. The van der Waals surface area contributed by atoms with E-state index in [0.29, 0.717) is 45.9 Å². The molecule has 0 aromatic heterocycles. The zero-order valence-electron chi connectivity index (χ0n) is 20.1. The van der Waals surface area contributed by atoms with Crippen molar-refractivity contribution in [1.82, 2.24) is 10.6 Å². The van der Waals surface area contributed by atoms with Crippen LogP contribution in [0.4, 0.5) is 0 Å². The van der Waals surface area contributed by atoms with Crippen molar-refractivity contribution < 1.29 is 33.8 Å². The Bertz CT molecular complexity index is 515. The van der Waals surface area contributed by atoms with Gasteiger partial charge in [-0.2, -0.15) is 0 Å². The molecule has 192 valence electrons. The Labute approximate surface area is 198 Å². The molecule has 0 spiro atoms. The van der Waals surface area contributed by atoms with Crippen molar-refractivity contribution in [2.24, 2.45) is 0 Å². The zero-order valence-corrected chi connectivity index (χ0v) is 20.1. The highest BCUT2D eigenvalue weighted by molar-refractivity contribution is 5.78. The summed E-state index contributed by atoms with van der Waals surface area (Å²) in [5.74, 6) is -0.804. The van der Waals surface area contributed by atoms with Gasteiger partial charge in [0.05, 0.1) is 26.4 Å². The van der Waals surface area contributed by atoms with Gasteiger partial charge in [-0.05, 0) is 12.8 Å². The van der Waals surface area contributed by atoms with Crippen molar-refractivity contribution in [3.05, 3.63) is 0 Å². The summed E-state index contributed by atoms with van der Waals surface area (Å²) in [4.78, 5) is 43.6. The summed E-state index contributed by atoms with van der Waals surface area (Å²) in [5.41, 5.74) is 0. The molecule has 0 aliphatic heterocycles. The predicted octanol–water partition coefficient (Wildman–Crippen LogP) is 3.00. The number of carboxylic acids is 1. The fraction of sp³-hybridized carbons (Fsp3) is 0.833. The minimum Gasteiger partial charge on any atom is -0.481 e. The number of unbranched alkanes of at least 4 members (excludes halogenated alkanes) is 9. The van der Waals surface area contributed by atoms with E-state index in [1.807, 2.05) is 0 Å². The fourth-order valence-electron chi connectivity index (χ4n) is 3.19. The number of aliphatic carboxylic acids is 1. The van der Waals surface area contributed by atoms with E-state index in [2.05, 4.69) is 10.6 Å². The molecule has 2 amide bonds. The second kappa shape index (κ2) is 24.6. The number of rotatable bonds is 25. The lowest BCUT2D eigenvalue weighted by Gasteiger charge is -2.08. The van der Waals surface area contributed by atoms with Crippen LogP contribution < -0.4 is 10.6 Å². The molecule has 33 heavy (non-hydrogen) atoms. The van der Waals surface area contributed by atoms with E-state index >= 15 is 0 Å². The Balaban J connectivity index is 3.23. The molecule has 9 nitrogen and oxygen atoms in total. The fourth-order valence-corrected chi connectivity index (χ4v) is 3.19. The number of hydrogen-bond acceptors (Lipinski definition) is 6. The Morgan fingerprint density at radius 2 is 1.03 bits per heavy atom. The number of ether oxygens (including phenoxy) is 2. The number of nitrogens with one attached hydrogen (secondary N) is 2. The molecule has 0 radical (unpaired) electrons. The van der Waals surface area contributed by atoms with Gasteiger partial charge in [-0.3, -0.25) is 14.4 Å². The first-order valence-corrected chi connectivity index (χ1v) is 12.4. The highest BCUT2D eigenvalue weighted by atomic mass is 16.5. The van der Waals surface area contributed by atoms with Crippen molar-refractivity contribution in [3.63, 3.8) is 0 Å². The summed E-state index contributed by atoms with van der Waals surface area (Å²) in [5, 5.41) is 14.1. The van der Waals surface area contributed by atoms with Crippen LogP contribution in [0.25, 0.3) is 0 Å². The lowest BCUT2D eigenvalue weighted by atomic mass is 10.1. The molecule has 0 fully saturated rings. The number of hydrogen-bond donors (Lipinski definition) is 3. The third-order valence-electron chi connectivity index (χ3n) is 5.04. The number of amides is 2. The van der Waals surface area contributed by atoms with E-state index in [1.54, 1.807) is 0 Å². The summed E-state index contributed by atoms with van der Waals surface area (Å²) >= 11 is 0. The highest BCUT2D eigenvalue weighted by Gasteiger charge is 2.02. The topological polar surface area (TPSA) is 131 Å². The largest absolute Gasteiger partial charge is 0.481 e. The zero-order chi connectivity index (χ0) is 24.4. The van der Waals surface area contributed by atoms with Crippen molar-refractivity contribution in [3.8, 4) is 0 Å². The number of aldehydes is 1. The third-order valence-corrected chi connectivity index (χ3v) is 5.04. The molecule has 0 unspecified atom stereocenters. The van der Waals surface area contributed by atoms with Gasteiger partial charge >= 0.3 is 5.97 Å².